The van der Waals surface area contributed by atoms with Gasteiger partial charge >= 0.3 is 0 Å². The first-order valence-corrected chi connectivity index (χ1v) is 7.80. The lowest BCUT2D eigenvalue weighted by atomic mass is 10.1. The molecule has 0 atom stereocenters. The highest BCUT2D eigenvalue weighted by atomic mass is 32.1. The van der Waals surface area contributed by atoms with Gasteiger partial charge in [-0.05, 0) is 36.4 Å². The zero-order chi connectivity index (χ0) is 13.0. The second-order valence-corrected chi connectivity index (χ2v) is 6.49. The molecule has 2 nitrogen and oxygen atoms in total. The summed E-state index contributed by atoms with van der Waals surface area (Å²) in [5, 5.41) is 4.99. The van der Waals surface area contributed by atoms with Gasteiger partial charge in [0.15, 0.2) is 0 Å². The molecule has 0 spiro atoms. The van der Waals surface area contributed by atoms with Crippen molar-refractivity contribution in [2.75, 3.05) is 0 Å². The molecule has 0 radical (unpaired) electrons. The summed E-state index contributed by atoms with van der Waals surface area (Å²) in [6.07, 6.45) is 2.17. The zero-order valence-corrected chi connectivity index (χ0v) is 12.3. The van der Waals surface area contributed by atoms with Gasteiger partial charge in [-0.2, -0.15) is 0 Å². The molecule has 1 N–H and O–H groups in total. The van der Waals surface area contributed by atoms with Crippen molar-refractivity contribution in [2.45, 2.75) is 33.2 Å². The van der Waals surface area contributed by atoms with Crippen molar-refractivity contribution in [3.63, 3.8) is 0 Å². The highest BCUT2D eigenvalue weighted by Crippen LogP contribution is 2.23. The van der Waals surface area contributed by atoms with Crippen LogP contribution in [-0.2, 0) is 13.0 Å². The number of amides is 1. The SMILES string of the molecule is CCCc1cc(C(=O)NCc2cccs2)sc1C. The first kappa shape index (κ1) is 13.3. The third-order valence-electron chi connectivity index (χ3n) is 2.77. The molecule has 0 aliphatic rings. The van der Waals surface area contributed by atoms with Crippen LogP contribution in [0.3, 0.4) is 0 Å². The van der Waals surface area contributed by atoms with Gasteiger partial charge in [0, 0.05) is 9.75 Å². The molecule has 2 aromatic heterocycles. The molecule has 0 unspecified atom stereocenters. The molecule has 1 amide bonds. The molecule has 2 aromatic rings. The molecular formula is C14H17NOS2. The maximum absolute atomic E-state index is 12.0. The Kier molecular flexibility index (Phi) is 4.55. The average molecular weight is 279 g/mol. The number of aryl methyl sites for hydroxylation is 2. The molecule has 0 fully saturated rings. The zero-order valence-electron chi connectivity index (χ0n) is 10.7. The molecule has 96 valence electrons. The standard InChI is InChI=1S/C14H17NOS2/c1-3-5-11-8-13(18-10(11)2)14(16)15-9-12-6-4-7-17-12/h4,6-8H,3,5,9H2,1-2H3,(H,15,16). The lowest BCUT2D eigenvalue weighted by Gasteiger charge is -2.00. The summed E-state index contributed by atoms with van der Waals surface area (Å²) >= 11 is 3.26. The fourth-order valence-corrected chi connectivity index (χ4v) is 3.45. The van der Waals surface area contributed by atoms with Crippen molar-refractivity contribution < 1.29 is 4.79 Å². The van der Waals surface area contributed by atoms with E-state index in [0.29, 0.717) is 6.54 Å². The van der Waals surface area contributed by atoms with Crippen molar-refractivity contribution >= 4 is 28.6 Å². The van der Waals surface area contributed by atoms with Crippen molar-refractivity contribution in [1.29, 1.82) is 0 Å². The normalized spacial score (nSPS) is 10.6. The molecule has 2 rings (SSSR count). The molecule has 4 heteroatoms. The van der Waals surface area contributed by atoms with Crippen LogP contribution in [0.2, 0.25) is 0 Å². The molecule has 0 saturated heterocycles. The van der Waals surface area contributed by atoms with Crippen LogP contribution in [0.15, 0.2) is 23.6 Å². The molecule has 2 heterocycles. The van der Waals surface area contributed by atoms with Crippen LogP contribution in [0, 0.1) is 6.92 Å². The number of hydrogen-bond donors (Lipinski definition) is 1. The lowest BCUT2D eigenvalue weighted by Crippen LogP contribution is -2.21. The molecular weight excluding hydrogens is 262 g/mol. The van der Waals surface area contributed by atoms with E-state index in [1.54, 1.807) is 22.7 Å². The fraction of sp³-hybridized carbons (Fsp3) is 0.357. The Labute approximate surface area is 116 Å². The van der Waals surface area contributed by atoms with Gasteiger partial charge in [0.25, 0.3) is 5.91 Å². The van der Waals surface area contributed by atoms with Gasteiger partial charge in [0.1, 0.15) is 0 Å². The number of nitrogens with one attached hydrogen (secondary N) is 1. The molecule has 0 bridgehead atoms. The number of carbonyl (C=O) groups excluding carboxylic acids is 1. The van der Waals surface area contributed by atoms with E-state index in [2.05, 4.69) is 19.2 Å². The van der Waals surface area contributed by atoms with E-state index in [4.69, 9.17) is 0 Å². The smallest absolute Gasteiger partial charge is 0.261 e. The van der Waals surface area contributed by atoms with E-state index in [1.165, 1.54) is 15.3 Å². The number of carbonyl (C=O) groups is 1. The van der Waals surface area contributed by atoms with Gasteiger partial charge in [-0.15, -0.1) is 22.7 Å². The number of rotatable bonds is 5. The Morgan fingerprint density at radius 2 is 2.28 bits per heavy atom. The summed E-state index contributed by atoms with van der Waals surface area (Å²) in [7, 11) is 0. The van der Waals surface area contributed by atoms with Crippen LogP contribution in [0.25, 0.3) is 0 Å². The van der Waals surface area contributed by atoms with Gasteiger partial charge < -0.3 is 5.32 Å². The Bertz CT molecular complexity index is 514. The molecule has 0 saturated carbocycles. The Morgan fingerprint density at radius 3 is 2.94 bits per heavy atom. The summed E-state index contributed by atoms with van der Waals surface area (Å²) in [6.45, 7) is 4.87. The third-order valence-corrected chi connectivity index (χ3v) is 4.73. The van der Waals surface area contributed by atoms with Crippen LogP contribution in [0.4, 0.5) is 0 Å². The van der Waals surface area contributed by atoms with Gasteiger partial charge in [0.05, 0.1) is 11.4 Å². The first-order valence-electron chi connectivity index (χ1n) is 6.10. The number of thiophene rings is 2. The largest absolute Gasteiger partial charge is 0.346 e. The third kappa shape index (κ3) is 3.21. The average Bonchev–Trinajstić information content (AvgIpc) is 2.97. The molecule has 0 aromatic carbocycles. The molecule has 0 aliphatic heterocycles. The first-order chi connectivity index (χ1) is 8.70. The minimum atomic E-state index is 0.0406. The van der Waals surface area contributed by atoms with E-state index in [1.807, 2.05) is 23.6 Å². The second kappa shape index (κ2) is 6.16. The summed E-state index contributed by atoms with van der Waals surface area (Å²) in [5.74, 6) is 0.0406. The van der Waals surface area contributed by atoms with Crippen LogP contribution >= 0.6 is 22.7 Å². The monoisotopic (exact) mass is 279 g/mol. The summed E-state index contributed by atoms with van der Waals surface area (Å²) in [5.41, 5.74) is 1.31. The summed E-state index contributed by atoms with van der Waals surface area (Å²) in [4.78, 5) is 15.3. The fourth-order valence-electron chi connectivity index (χ4n) is 1.82. The molecule has 0 aliphatic carbocycles. The van der Waals surface area contributed by atoms with Crippen LogP contribution in [0.1, 0.15) is 38.3 Å². The number of hydrogen-bond acceptors (Lipinski definition) is 3. The van der Waals surface area contributed by atoms with Crippen molar-refractivity contribution in [1.82, 2.24) is 5.32 Å². The maximum Gasteiger partial charge on any atom is 0.261 e. The van der Waals surface area contributed by atoms with Gasteiger partial charge in [-0.25, -0.2) is 0 Å². The van der Waals surface area contributed by atoms with Crippen molar-refractivity contribution in [3.8, 4) is 0 Å². The van der Waals surface area contributed by atoms with Gasteiger partial charge in [-0.1, -0.05) is 19.4 Å². The van der Waals surface area contributed by atoms with Crippen LogP contribution < -0.4 is 5.32 Å². The highest BCUT2D eigenvalue weighted by Gasteiger charge is 2.11. The van der Waals surface area contributed by atoms with E-state index < -0.39 is 0 Å². The van der Waals surface area contributed by atoms with Crippen LogP contribution in [-0.4, -0.2) is 5.91 Å². The van der Waals surface area contributed by atoms with Crippen molar-refractivity contribution in [2.24, 2.45) is 0 Å². The van der Waals surface area contributed by atoms with E-state index in [0.717, 1.165) is 17.7 Å². The van der Waals surface area contributed by atoms with Crippen molar-refractivity contribution in [3.05, 3.63) is 43.8 Å². The minimum Gasteiger partial charge on any atom is -0.346 e. The summed E-state index contributed by atoms with van der Waals surface area (Å²) in [6, 6.07) is 6.07. The topological polar surface area (TPSA) is 29.1 Å². The van der Waals surface area contributed by atoms with E-state index >= 15 is 0 Å². The Morgan fingerprint density at radius 1 is 1.44 bits per heavy atom. The lowest BCUT2D eigenvalue weighted by molar-refractivity contribution is 0.0955. The molecule has 18 heavy (non-hydrogen) atoms. The van der Waals surface area contributed by atoms with Gasteiger partial charge in [0.2, 0.25) is 0 Å². The summed E-state index contributed by atoms with van der Waals surface area (Å²) < 4.78 is 0. The predicted molar refractivity (Wildman–Crippen MR) is 78.5 cm³/mol. The van der Waals surface area contributed by atoms with E-state index in [9.17, 15) is 4.79 Å². The predicted octanol–water partition coefficient (Wildman–Crippen LogP) is 4.00. The minimum absolute atomic E-state index is 0.0406. The second-order valence-electron chi connectivity index (χ2n) is 4.20. The maximum atomic E-state index is 12.0. The van der Waals surface area contributed by atoms with Crippen LogP contribution in [0.5, 0.6) is 0 Å². The highest BCUT2D eigenvalue weighted by molar-refractivity contribution is 7.14. The van der Waals surface area contributed by atoms with Gasteiger partial charge in [-0.3, -0.25) is 4.79 Å². The quantitative estimate of drug-likeness (QED) is 0.880. The Balaban J connectivity index is 1.98. The van der Waals surface area contributed by atoms with E-state index in [-0.39, 0.29) is 5.91 Å². The Hall–Kier alpha value is -1.13.